The number of aryl methyl sites for hydroxylation is 1. The van der Waals surface area contributed by atoms with Crippen molar-refractivity contribution >= 4 is 5.97 Å². The van der Waals surface area contributed by atoms with Gasteiger partial charge in [-0.25, -0.2) is 19.4 Å². The SMILES string of the molecule is Cc1noc(-c2cncnc2-n2ccc(C(=O)O)n2)n1. The van der Waals surface area contributed by atoms with Gasteiger partial charge in [0.2, 0.25) is 0 Å². The molecule has 3 rings (SSSR count). The minimum absolute atomic E-state index is 0.0868. The number of carboxylic acids is 1. The Kier molecular flexibility index (Phi) is 2.71. The molecule has 0 aliphatic rings. The summed E-state index contributed by atoms with van der Waals surface area (Å²) in [6, 6.07) is 1.37. The van der Waals surface area contributed by atoms with Crippen molar-refractivity contribution in [2.24, 2.45) is 0 Å². The van der Waals surface area contributed by atoms with Crippen LogP contribution in [0.4, 0.5) is 0 Å². The van der Waals surface area contributed by atoms with E-state index in [9.17, 15) is 4.79 Å². The molecule has 3 aromatic rings. The van der Waals surface area contributed by atoms with Gasteiger partial charge in [-0.2, -0.15) is 10.1 Å². The summed E-state index contributed by atoms with van der Waals surface area (Å²) in [5.74, 6) is -0.0453. The van der Waals surface area contributed by atoms with E-state index in [1.165, 1.54) is 29.5 Å². The van der Waals surface area contributed by atoms with Gasteiger partial charge in [-0.1, -0.05) is 5.16 Å². The lowest BCUT2D eigenvalue weighted by molar-refractivity contribution is 0.0690. The molecule has 1 N–H and O–H groups in total. The Morgan fingerprint density at radius 3 is 2.95 bits per heavy atom. The highest BCUT2D eigenvalue weighted by Gasteiger charge is 2.16. The fourth-order valence-corrected chi connectivity index (χ4v) is 1.62. The molecule has 9 nitrogen and oxygen atoms in total. The quantitative estimate of drug-likeness (QED) is 0.740. The molecule has 3 heterocycles. The summed E-state index contributed by atoms with van der Waals surface area (Å²) >= 11 is 0. The van der Waals surface area contributed by atoms with Gasteiger partial charge in [0.15, 0.2) is 17.3 Å². The number of carboxylic acid groups (broad SMARTS) is 1. The minimum atomic E-state index is -1.12. The molecule has 0 amide bonds. The van der Waals surface area contributed by atoms with E-state index in [1.54, 1.807) is 6.92 Å². The smallest absolute Gasteiger partial charge is 0.356 e. The Morgan fingerprint density at radius 2 is 2.30 bits per heavy atom. The second-order valence-electron chi connectivity index (χ2n) is 3.86. The first kappa shape index (κ1) is 12.0. The molecular formula is C11H8N6O3. The van der Waals surface area contributed by atoms with E-state index < -0.39 is 5.97 Å². The molecule has 0 radical (unpaired) electrons. The normalized spacial score (nSPS) is 10.7. The van der Waals surface area contributed by atoms with Crippen LogP contribution in [0, 0.1) is 6.92 Å². The van der Waals surface area contributed by atoms with Gasteiger partial charge in [0.05, 0.1) is 0 Å². The molecule has 0 unspecified atom stereocenters. The number of hydrogen-bond donors (Lipinski definition) is 1. The largest absolute Gasteiger partial charge is 0.476 e. The molecule has 0 aromatic carbocycles. The van der Waals surface area contributed by atoms with Crippen LogP contribution in [0.3, 0.4) is 0 Å². The lowest BCUT2D eigenvalue weighted by Gasteiger charge is -2.03. The van der Waals surface area contributed by atoms with Gasteiger partial charge in [-0.05, 0) is 13.0 Å². The Hall–Kier alpha value is -3.10. The molecule has 0 saturated carbocycles. The molecule has 0 aliphatic heterocycles. The Balaban J connectivity index is 2.11. The van der Waals surface area contributed by atoms with Crippen LogP contribution in [0.1, 0.15) is 16.3 Å². The molecule has 0 saturated heterocycles. The average Bonchev–Trinajstić information content (AvgIpc) is 3.07. The fourth-order valence-electron chi connectivity index (χ4n) is 1.62. The van der Waals surface area contributed by atoms with Crippen molar-refractivity contribution in [3.05, 3.63) is 36.3 Å². The van der Waals surface area contributed by atoms with Crippen molar-refractivity contribution in [3.63, 3.8) is 0 Å². The number of aromatic carboxylic acids is 1. The van der Waals surface area contributed by atoms with Gasteiger partial charge in [0.25, 0.3) is 5.89 Å². The van der Waals surface area contributed by atoms with Gasteiger partial charge >= 0.3 is 5.97 Å². The van der Waals surface area contributed by atoms with E-state index in [2.05, 4.69) is 25.2 Å². The highest BCUT2D eigenvalue weighted by molar-refractivity contribution is 5.85. The lowest BCUT2D eigenvalue weighted by Crippen LogP contribution is -2.04. The number of aromatic nitrogens is 6. The zero-order chi connectivity index (χ0) is 14.1. The van der Waals surface area contributed by atoms with E-state index in [-0.39, 0.29) is 11.6 Å². The van der Waals surface area contributed by atoms with E-state index in [4.69, 9.17) is 9.63 Å². The van der Waals surface area contributed by atoms with Crippen LogP contribution in [0.25, 0.3) is 17.3 Å². The van der Waals surface area contributed by atoms with Crippen molar-refractivity contribution in [2.45, 2.75) is 6.92 Å². The number of rotatable bonds is 3. The molecule has 0 spiro atoms. The van der Waals surface area contributed by atoms with Crippen LogP contribution in [0.2, 0.25) is 0 Å². The highest BCUT2D eigenvalue weighted by Crippen LogP contribution is 2.22. The lowest BCUT2D eigenvalue weighted by atomic mass is 10.3. The summed E-state index contributed by atoms with van der Waals surface area (Å²) in [4.78, 5) is 22.9. The van der Waals surface area contributed by atoms with Crippen LogP contribution < -0.4 is 0 Å². The number of hydrogen-bond acceptors (Lipinski definition) is 7. The Labute approximate surface area is 111 Å². The van der Waals surface area contributed by atoms with Crippen LogP contribution in [0.5, 0.6) is 0 Å². The van der Waals surface area contributed by atoms with Crippen molar-refractivity contribution in [2.75, 3.05) is 0 Å². The average molecular weight is 272 g/mol. The minimum Gasteiger partial charge on any atom is -0.476 e. The molecule has 0 aliphatic carbocycles. The summed E-state index contributed by atoms with van der Waals surface area (Å²) in [7, 11) is 0. The Bertz CT molecular complexity index is 778. The molecule has 0 fully saturated rings. The first-order chi connectivity index (χ1) is 9.65. The third kappa shape index (κ3) is 2.00. The maximum atomic E-state index is 10.9. The van der Waals surface area contributed by atoms with Gasteiger partial charge in [-0.15, -0.1) is 0 Å². The second-order valence-corrected chi connectivity index (χ2v) is 3.86. The fraction of sp³-hybridized carbons (Fsp3) is 0.0909. The highest BCUT2D eigenvalue weighted by atomic mass is 16.5. The van der Waals surface area contributed by atoms with Crippen LogP contribution in [0.15, 0.2) is 29.3 Å². The molecule has 3 aromatic heterocycles. The summed E-state index contributed by atoms with van der Waals surface area (Å²) in [5, 5.41) is 16.5. The van der Waals surface area contributed by atoms with E-state index >= 15 is 0 Å². The molecule has 100 valence electrons. The van der Waals surface area contributed by atoms with Crippen LogP contribution in [-0.2, 0) is 0 Å². The van der Waals surface area contributed by atoms with Crippen LogP contribution >= 0.6 is 0 Å². The number of nitrogens with zero attached hydrogens (tertiary/aromatic N) is 6. The third-order valence-electron chi connectivity index (χ3n) is 2.47. The van der Waals surface area contributed by atoms with Crippen molar-refractivity contribution in [1.82, 2.24) is 29.9 Å². The van der Waals surface area contributed by atoms with E-state index in [0.717, 1.165) is 0 Å². The van der Waals surface area contributed by atoms with Crippen molar-refractivity contribution in [1.29, 1.82) is 0 Å². The van der Waals surface area contributed by atoms with Gasteiger partial charge in [-0.3, -0.25) is 0 Å². The van der Waals surface area contributed by atoms with Gasteiger partial charge < -0.3 is 9.63 Å². The summed E-state index contributed by atoms with van der Waals surface area (Å²) < 4.78 is 6.39. The summed E-state index contributed by atoms with van der Waals surface area (Å²) in [5.41, 5.74) is 0.379. The molecular weight excluding hydrogens is 264 g/mol. The zero-order valence-corrected chi connectivity index (χ0v) is 10.3. The van der Waals surface area contributed by atoms with Gasteiger partial charge in [0.1, 0.15) is 11.9 Å². The Morgan fingerprint density at radius 1 is 1.45 bits per heavy atom. The van der Waals surface area contributed by atoms with Crippen molar-refractivity contribution < 1.29 is 14.4 Å². The van der Waals surface area contributed by atoms with Gasteiger partial charge in [0, 0.05) is 12.4 Å². The predicted molar refractivity (Wildman–Crippen MR) is 64.1 cm³/mol. The second kappa shape index (κ2) is 4.53. The molecule has 0 atom stereocenters. The topological polar surface area (TPSA) is 120 Å². The third-order valence-corrected chi connectivity index (χ3v) is 2.47. The monoisotopic (exact) mass is 272 g/mol. The standard InChI is InChI=1S/C11H8N6O3/c1-6-14-10(20-16-6)7-4-12-5-13-9(7)17-3-2-8(15-17)11(18)19/h2-5H,1H3,(H,18,19). The zero-order valence-electron chi connectivity index (χ0n) is 10.3. The van der Waals surface area contributed by atoms with Crippen LogP contribution in [-0.4, -0.2) is 41.0 Å². The molecule has 0 bridgehead atoms. The number of carbonyl (C=O) groups is 1. The maximum absolute atomic E-state index is 10.9. The first-order valence-electron chi connectivity index (χ1n) is 5.55. The maximum Gasteiger partial charge on any atom is 0.356 e. The summed E-state index contributed by atoms with van der Waals surface area (Å²) in [6.45, 7) is 1.69. The van der Waals surface area contributed by atoms with E-state index in [1.807, 2.05) is 0 Å². The molecule has 9 heteroatoms. The van der Waals surface area contributed by atoms with E-state index in [0.29, 0.717) is 17.2 Å². The molecule has 20 heavy (non-hydrogen) atoms. The first-order valence-corrected chi connectivity index (χ1v) is 5.55. The summed E-state index contributed by atoms with van der Waals surface area (Å²) in [6.07, 6.45) is 4.31. The van der Waals surface area contributed by atoms with Crippen molar-refractivity contribution in [3.8, 4) is 17.3 Å². The predicted octanol–water partition coefficient (Wildman–Crippen LogP) is 0.719.